The Morgan fingerprint density at radius 2 is 1.38 bits per heavy atom. The molecule has 0 unspecified atom stereocenters. The van der Waals surface area contributed by atoms with Gasteiger partial charge in [-0.2, -0.15) is 0 Å². The Morgan fingerprint density at radius 1 is 0.923 bits per heavy atom. The molecule has 0 N–H and O–H groups in total. The normalized spacial score (nSPS) is 58.6. The van der Waals surface area contributed by atoms with Gasteiger partial charge in [-0.15, -0.1) is 0 Å². The fraction of sp³-hybridized carbons (Fsp3) is 1.00. The Hall–Kier alpha value is 0.960. The molecule has 0 heterocycles. The zero-order valence-electron chi connectivity index (χ0n) is 7.81. The second-order valence-corrected chi connectivity index (χ2v) is 7.40. The van der Waals surface area contributed by atoms with Crippen molar-refractivity contribution in [1.82, 2.24) is 0 Å². The van der Waals surface area contributed by atoms with Crippen LogP contribution in [-0.4, -0.2) is 9.65 Å². The fourth-order valence-corrected chi connectivity index (χ4v) is 5.85. The number of alkyl halides is 2. The topological polar surface area (TPSA) is 0 Å². The highest BCUT2D eigenvalue weighted by molar-refractivity contribution is 9.12. The lowest BCUT2D eigenvalue weighted by Gasteiger charge is -2.58. The van der Waals surface area contributed by atoms with E-state index < -0.39 is 0 Å². The molecule has 0 radical (unpaired) electrons. The van der Waals surface area contributed by atoms with Crippen molar-refractivity contribution in [2.24, 2.45) is 23.7 Å². The van der Waals surface area contributed by atoms with Gasteiger partial charge in [0.05, 0.1) is 0 Å². The molecule has 4 aliphatic rings. The highest BCUT2D eigenvalue weighted by atomic mass is 79.9. The van der Waals surface area contributed by atoms with Gasteiger partial charge in [0.2, 0.25) is 0 Å². The van der Waals surface area contributed by atoms with E-state index in [2.05, 4.69) is 31.9 Å². The van der Waals surface area contributed by atoms with Gasteiger partial charge in [0.1, 0.15) is 0 Å². The van der Waals surface area contributed by atoms with Crippen LogP contribution in [0.2, 0.25) is 0 Å². The van der Waals surface area contributed by atoms with Crippen molar-refractivity contribution in [3.8, 4) is 0 Å². The van der Waals surface area contributed by atoms with Gasteiger partial charge in [0, 0.05) is 9.65 Å². The van der Waals surface area contributed by atoms with Crippen molar-refractivity contribution >= 4 is 31.9 Å². The van der Waals surface area contributed by atoms with Crippen LogP contribution in [0.5, 0.6) is 0 Å². The molecule has 0 atom stereocenters. The lowest BCUT2D eigenvalue weighted by atomic mass is 9.52. The summed E-state index contributed by atoms with van der Waals surface area (Å²) in [4.78, 5) is 0. The van der Waals surface area contributed by atoms with Crippen molar-refractivity contribution in [3.05, 3.63) is 0 Å². The predicted molar refractivity (Wildman–Crippen MR) is 62.5 cm³/mol. The summed E-state index contributed by atoms with van der Waals surface area (Å²) in [6, 6.07) is 0. The van der Waals surface area contributed by atoms with Crippen LogP contribution < -0.4 is 0 Å². The minimum Gasteiger partial charge on any atom is -0.0913 e. The largest absolute Gasteiger partial charge is 0.0913 e. The summed E-state index contributed by atoms with van der Waals surface area (Å²) in [6.07, 6.45) is 7.57. The number of hydrogen-bond donors (Lipinski definition) is 0. The second-order valence-electron chi connectivity index (χ2n) is 5.36. The minimum atomic E-state index is 0.473. The van der Waals surface area contributed by atoms with Crippen molar-refractivity contribution < 1.29 is 0 Å². The number of hydrogen-bond acceptors (Lipinski definition) is 0. The molecule has 2 heteroatoms. The molecule has 4 bridgehead atoms. The lowest BCUT2D eigenvalue weighted by molar-refractivity contribution is -0.00454. The first kappa shape index (κ1) is 9.21. The molecular formula is C11H16Br2. The van der Waals surface area contributed by atoms with E-state index in [4.69, 9.17) is 0 Å². The van der Waals surface area contributed by atoms with Crippen LogP contribution >= 0.6 is 31.9 Å². The average Bonchev–Trinajstić information content (AvgIpc) is 2.13. The monoisotopic (exact) mass is 306 g/mol. The van der Waals surface area contributed by atoms with E-state index in [0.29, 0.717) is 4.32 Å². The van der Waals surface area contributed by atoms with Crippen molar-refractivity contribution in [2.45, 2.75) is 36.4 Å². The van der Waals surface area contributed by atoms with Gasteiger partial charge in [0.25, 0.3) is 0 Å². The summed E-state index contributed by atoms with van der Waals surface area (Å²) in [7, 11) is 0. The standard InChI is InChI=1S/C11H16Br2/c12-6-11(13)9-2-7-1-8(4-9)5-10(11)3-7/h7-10H,1-6H2. The SMILES string of the molecule is BrCC1(Br)C2CC3CC(C2)CC1C3. The third-order valence-electron chi connectivity index (χ3n) is 4.70. The summed E-state index contributed by atoms with van der Waals surface area (Å²) >= 11 is 7.75. The van der Waals surface area contributed by atoms with E-state index >= 15 is 0 Å². The molecule has 4 rings (SSSR count). The molecule has 13 heavy (non-hydrogen) atoms. The first-order valence-corrected chi connectivity index (χ1v) is 7.38. The Balaban J connectivity index is 1.93. The van der Waals surface area contributed by atoms with E-state index in [1.165, 1.54) is 25.7 Å². The zero-order valence-corrected chi connectivity index (χ0v) is 11.0. The predicted octanol–water partition coefficient (Wildman–Crippen LogP) is 3.97. The van der Waals surface area contributed by atoms with Gasteiger partial charge < -0.3 is 0 Å². The maximum absolute atomic E-state index is 4.04. The first-order chi connectivity index (χ1) is 6.22. The van der Waals surface area contributed by atoms with Crippen LogP contribution in [0.15, 0.2) is 0 Å². The average molecular weight is 308 g/mol. The molecule has 0 saturated heterocycles. The van der Waals surface area contributed by atoms with Crippen LogP contribution in [0.4, 0.5) is 0 Å². The summed E-state index contributed by atoms with van der Waals surface area (Å²) in [5.41, 5.74) is 0. The van der Waals surface area contributed by atoms with Crippen molar-refractivity contribution in [3.63, 3.8) is 0 Å². The van der Waals surface area contributed by atoms with Crippen LogP contribution in [0.25, 0.3) is 0 Å². The van der Waals surface area contributed by atoms with Crippen LogP contribution in [-0.2, 0) is 0 Å². The molecule has 0 aromatic heterocycles. The molecule has 0 aromatic rings. The molecular weight excluding hydrogens is 292 g/mol. The summed E-state index contributed by atoms with van der Waals surface area (Å²) in [6.45, 7) is 0. The van der Waals surface area contributed by atoms with E-state index in [9.17, 15) is 0 Å². The van der Waals surface area contributed by atoms with Gasteiger partial charge in [0.15, 0.2) is 0 Å². The van der Waals surface area contributed by atoms with Gasteiger partial charge in [-0.1, -0.05) is 31.9 Å². The van der Waals surface area contributed by atoms with Crippen LogP contribution in [0.1, 0.15) is 32.1 Å². The quantitative estimate of drug-likeness (QED) is 0.643. The molecule has 4 saturated carbocycles. The first-order valence-electron chi connectivity index (χ1n) is 5.47. The molecule has 0 aromatic carbocycles. The number of halogens is 2. The highest BCUT2D eigenvalue weighted by Gasteiger charge is 2.55. The lowest BCUT2D eigenvalue weighted by Crippen LogP contribution is -2.55. The van der Waals surface area contributed by atoms with Crippen LogP contribution in [0.3, 0.4) is 0 Å². The van der Waals surface area contributed by atoms with Crippen molar-refractivity contribution in [1.29, 1.82) is 0 Å². The van der Waals surface area contributed by atoms with E-state index in [-0.39, 0.29) is 0 Å². The molecule has 4 aliphatic carbocycles. The maximum atomic E-state index is 4.04. The van der Waals surface area contributed by atoms with E-state index in [0.717, 1.165) is 29.0 Å². The van der Waals surface area contributed by atoms with Crippen LogP contribution in [0, 0.1) is 23.7 Å². The molecule has 74 valence electrons. The zero-order chi connectivity index (χ0) is 9.05. The fourth-order valence-electron chi connectivity index (χ4n) is 4.19. The van der Waals surface area contributed by atoms with Gasteiger partial charge in [-0.3, -0.25) is 0 Å². The maximum Gasteiger partial charge on any atom is 0.0411 e. The molecule has 0 spiro atoms. The third-order valence-corrected chi connectivity index (χ3v) is 7.96. The number of rotatable bonds is 1. The molecule has 4 fully saturated rings. The van der Waals surface area contributed by atoms with E-state index in [1.807, 2.05) is 0 Å². The molecule has 0 amide bonds. The minimum absolute atomic E-state index is 0.473. The van der Waals surface area contributed by atoms with Gasteiger partial charge >= 0.3 is 0 Å². The Morgan fingerprint density at radius 3 is 1.77 bits per heavy atom. The molecule has 0 nitrogen and oxygen atoms in total. The summed E-state index contributed by atoms with van der Waals surface area (Å²) in [5.74, 6) is 4.13. The second kappa shape index (κ2) is 2.98. The highest BCUT2D eigenvalue weighted by Crippen LogP contribution is 2.61. The van der Waals surface area contributed by atoms with Gasteiger partial charge in [-0.05, 0) is 55.8 Å². The Kier molecular flexibility index (Phi) is 2.11. The smallest absolute Gasteiger partial charge is 0.0411 e. The van der Waals surface area contributed by atoms with Gasteiger partial charge in [-0.25, -0.2) is 0 Å². The summed E-state index contributed by atoms with van der Waals surface area (Å²) < 4.78 is 0.473. The molecule has 0 aliphatic heterocycles. The van der Waals surface area contributed by atoms with Crippen molar-refractivity contribution in [2.75, 3.05) is 5.33 Å². The summed E-state index contributed by atoms with van der Waals surface area (Å²) in [5, 5.41) is 1.16. The van der Waals surface area contributed by atoms with E-state index in [1.54, 1.807) is 6.42 Å². The Labute approximate surface area is 97.1 Å². The Bertz CT molecular complexity index is 196. The third kappa shape index (κ3) is 1.20.